The number of hydrogen-bond acceptors (Lipinski definition) is 4. The number of ether oxygens (including phenoxy) is 1. The molecule has 4 heteroatoms. The second-order valence-electron chi connectivity index (χ2n) is 2.40. The smallest absolute Gasteiger partial charge is 0.166 e. The number of hydrazine groups is 1. The number of rotatable bonds is 1. The van der Waals surface area contributed by atoms with Gasteiger partial charge in [-0.2, -0.15) is 5.01 Å². The van der Waals surface area contributed by atoms with Crippen LogP contribution >= 0.6 is 0 Å². The van der Waals surface area contributed by atoms with E-state index in [0.717, 1.165) is 32.7 Å². The average Bonchev–Trinajstić information content (AvgIpc) is 2.59. The SMILES string of the molecule is [CH]1OCCN1N1CCCO1. The van der Waals surface area contributed by atoms with Crippen LogP contribution in [0.15, 0.2) is 0 Å². The van der Waals surface area contributed by atoms with Crippen LogP contribution in [-0.2, 0) is 9.57 Å². The summed E-state index contributed by atoms with van der Waals surface area (Å²) in [6.45, 7) is 5.23. The lowest BCUT2D eigenvalue weighted by atomic mass is 10.5. The van der Waals surface area contributed by atoms with Crippen molar-refractivity contribution < 1.29 is 9.57 Å². The normalized spacial score (nSPS) is 30.0. The maximum atomic E-state index is 5.28. The first kappa shape index (κ1) is 6.54. The van der Waals surface area contributed by atoms with Crippen LogP contribution in [0.4, 0.5) is 0 Å². The number of hydrogen-bond donors (Lipinski definition) is 0. The quantitative estimate of drug-likeness (QED) is 0.515. The molecule has 10 heavy (non-hydrogen) atoms. The Morgan fingerprint density at radius 3 is 2.80 bits per heavy atom. The van der Waals surface area contributed by atoms with Crippen LogP contribution in [0.25, 0.3) is 0 Å². The van der Waals surface area contributed by atoms with Gasteiger partial charge in [-0.05, 0) is 6.42 Å². The van der Waals surface area contributed by atoms with Crippen LogP contribution in [0, 0.1) is 6.73 Å². The summed E-state index contributed by atoms with van der Waals surface area (Å²) in [4.78, 5) is 5.28. The monoisotopic (exact) mass is 143 g/mol. The maximum absolute atomic E-state index is 5.28. The summed E-state index contributed by atoms with van der Waals surface area (Å²) in [5.41, 5.74) is 0. The Labute approximate surface area is 60.2 Å². The molecule has 0 spiro atoms. The molecule has 2 fully saturated rings. The molecule has 0 aliphatic carbocycles. The van der Waals surface area contributed by atoms with E-state index >= 15 is 0 Å². The molecule has 0 N–H and O–H groups in total. The minimum atomic E-state index is 0.778. The fraction of sp³-hybridized carbons (Fsp3) is 0.833. The van der Waals surface area contributed by atoms with Gasteiger partial charge in [-0.1, -0.05) is 0 Å². The van der Waals surface area contributed by atoms with Gasteiger partial charge in [-0.15, -0.1) is 5.17 Å². The highest BCUT2D eigenvalue weighted by Crippen LogP contribution is 2.13. The summed E-state index contributed by atoms with van der Waals surface area (Å²) in [6, 6.07) is 0. The molecule has 0 saturated carbocycles. The van der Waals surface area contributed by atoms with Crippen molar-refractivity contribution >= 4 is 0 Å². The molecule has 2 aliphatic rings. The Kier molecular flexibility index (Phi) is 1.86. The van der Waals surface area contributed by atoms with Gasteiger partial charge in [0, 0.05) is 13.1 Å². The third-order valence-corrected chi connectivity index (χ3v) is 1.66. The summed E-state index contributed by atoms with van der Waals surface area (Å²) >= 11 is 0. The van der Waals surface area contributed by atoms with Crippen LogP contribution in [0.5, 0.6) is 0 Å². The molecule has 0 unspecified atom stereocenters. The van der Waals surface area contributed by atoms with Crippen LogP contribution < -0.4 is 0 Å². The molecule has 2 rings (SSSR count). The van der Waals surface area contributed by atoms with Crippen molar-refractivity contribution in [2.75, 3.05) is 26.3 Å². The molecule has 2 saturated heterocycles. The summed E-state index contributed by atoms with van der Waals surface area (Å²) in [5, 5.41) is 3.82. The van der Waals surface area contributed by atoms with E-state index in [2.05, 4.69) is 0 Å². The minimum absolute atomic E-state index is 0.778. The third kappa shape index (κ3) is 1.15. The molecular weight excluding hydrogens is 132 g/mol. The molecule has 0 aromatic rings. The second kappa shape index (κ2) is 2.84. The van der Waals surface area contributed by atoms with Crippen LogP contribution in [0.3, 0.4) is 0 Å². The first-order chi connectivity index (χ1) is 4.97. The largest absolute Gasteiger partial charge is 0.356 e. The first-order valence-corrected chi connectivity index (χ1v) is 3.59. The Bertz CT molecular complexity index is 94.3. The Balaban J connectivity index is 1.85. The Hall–Kier alpha value is -0.160. The van der Waals surface area contributed by atoms with Gasteiger partial charge in [0.2, 0.25) is 0 Å². The maximum Gasteiger partial charge on any atom is 0.166 e. The Morgan fingerprint density at radius 1 is 1.20 bits per heavy atom. The van der Waals surface area contributed by atoms with Crippen molar-refractivity contribution in [1.82, 2.24) is 10.2 Å². The summed E-state index contributed by atoms with van der Waals surface area (Å²) in [5.74, 6) is 0. The molecule has 2 heterocycles. The predicted octanol–water partition coefficient (Wildman–Crippen LogP) is -0.00981. The van der Waals surface area contributed by atoms with Gasteiger partial charge in [0.1, 0.15) is 0 Å². The van der Waals surface area contributed by atoms with Gasteiger partial charge in [-0.25, -0.2) is 0 Å². The topological polar surface area (TPSA) is 24.9 Å². The fourth-order valence-corrected chi connectivity index (χ4v) is 1.14. The molecule has 57 valence electrons. The number of hydroxylamine groups is 1. The highest BCUT2D eigenvalue weighted by Gasteiger charge is 2.24. The van der Waals surface area contributed by atoms with Gasteiger partial charge >= 0.3 is 0 Å². The molecule has 4 nitrogen and oxygen atoms in total. The van der Waals surface area contributed by atoms with E-state index in [1.54, 1.807) is 6.73 Å². The molecule has 0 amide bonds. The average molecular weight is 143 g/mol. The van der Waals surface area contributed by atoms with E-state index in [-0.39, 0.29) is 0 Å². The van der Waals surface area contributed by atoms with E-state index in [1.165, 1.54) is 0 Å². The van der Waals surface area contributed by atoms with Gasteiger partial charge in [-0.3, -0.25) is 4.84 Å². The lowest BCUT2D eigenvalue weighted by Crippen LogP contribution is -2.35. The van der Waals surface area contributed by atoms with E-state index in [9.17, 15) is 0 Å². The highest BCUT2D eigenvalue weighted by molar-refractivity contribution is 4.63. The van der Waals surface area contributed by atoms with Crippen molar-refractivity contribution in [3.63, 3.8) is 0 Å². The zero-order chi connectivity index (χ0) is 6.81. The zero-order valence-electron chi connectivity index (χ0n) is 5.82. The zero-order valence-corrected chi connectivity index (χ0v) is 5.82. The predicted molar refractivity (Wildman–Crippen MR) is 34.2 cm³/mol. The molecule has 2 aliphatic heterocycles. The lowest BCUT2D eigenvalue weighted by Gasteiger charge is -2.22. The molecule has 0 atom stereocenters. The summed E-state index contributed by atoms with van der Waals surface area (Å²) in [7, 11) is 0. The van der Waals surface area contributed by atoms with E-state index in [0.29, 0.717) is 0 Å². The van der Waals surface area contributed by atoms with Crippen molar-refractivity contribution in [2.45, 2.75) is 6.42 Å². The minimum Gasteiger partial charge on any atom is -0.356 e. The van der Waals surface area contributed by atoms with Crippen molar-refractivity contribution in [3.05, 3.63) is 6.73 Å². The Morgan fingerprint density at radius 2 is 2.20 bits per heavy atom. The molecule has 0 aromatic carbocycles. The first-order valence-electron chi connectivity index (χ1n) is 3.59. The molecule has 1 radical (unpaired) electrons. The van der Waals surface area contributed by atoms with Gasteiger partial charge in [0.15, 0.2) is 6.73 Å². The van der Waals surface area contributed by atoms with Crippen LogP contribution in [0.2, 0.25) is 0 Å². The third-order valence-electron chi connectivity index (χ3n) is 1.66. The summed E-state index contributed by atoms with van der Waals surface area (Å²) in [6.07, 6.45) is 1.12. The van der Waals surface area contributed by atoms with Gasteiger partial charge in [0.25, 0.3) is 0 Å². The van der Waals surface area contributed by atoms with Crippen molar-refractivity contribution in [1.29, 1.82) is 0 Å². The molecular formula is C6H11N2O2. The van der Waals surface area contributed by atoms with Crippen molar-refractivity contribution in [2.24, 2.45) is 0 Å². The van der Waals surface area contributed by atoms with Crippen molar-refractivity contribution in [3.8, 4) is 0 Å². The lowest BCUT2D eigenvalue weighted by molar-refractivity contribution is -0.236. The standard InChI is InChI=1S/C6H11N2O2/c1-2-8(10-4-1)7-3-5-9-6-7/h6H,1-5H2. The number of nitrogens with zero attached hydrogens (tertiary/aromatic N) is 2. The highest BCUT2D eigenvalue weighted by atomic mass is 16.7. The van der Waals surface area contributed by atoms with Crippen LogP contribution in [-0.4, -0.2) is 36.5 Å². The molecule has 0 aromatic heterocycles. The van der Waals surface area contributed by atoms with E-state index in [4.69, 9.17) is 9.57 Å². The van der Waals surface area contributed by atoms with Gasteiger partial charge < -0.3 is 4.74 Å². The van der Waals surface area contributed by atoms with E-state index in [1.807, 2.05) is 10.2 Å². The molecule has 0 bridgehead atoms. The van der Waals surface area contributed by atoms with Gasteiger partial charge in [0.05, 0.1) is 13.2 Å². The van der Waals surface area contributed by atoms with Crippen LogP contribution in [0.1, 0.15) is 6.42 Å². The summed E-state index contributed by atoms with van der Waals surface area (Å²) < 4.78 is 5.05. The fourth-order valence-electron chi connectivity index (χ4n) is 1.14. The second-order valence-corrected chi connectivity index (χ2v) is 2.40. The van der Waals surface area contributed by atoms with E-state index < -0.39 is 0 Å².